The predicted octanol–water partition coefficient (Wildman–Crippen LogP) is 5.20. The molecule has 0 aromatic heterocycles. The largest absolute Gasteiger partial charge is 0.483 e. The Hall–Kier alpha value is -1.65. The smallest absolute Gasteiger partial charge is 0.257 e. The van der Waals surface area contributed by atoms with E-state index in [0.717, 1.165) is 39.0 Å². The maximum Gasteiger partial charge on any atom is 0.257 e. The first-order chi connectivity index (χ1) is 12.5. The van der Waals surface area contributed by atoms with Crippen molar-refractivity contribution in [3.8, 4) is 5.75 Å². The molecule has 0 saturated carbocycles. The molecule has 5 heteroatoms. The number of rotatable bonds is 9. The Morgan fingerprint density at radius 2 is 2.00 bits per heavy atom. The van der Waals surface area contributed by atoms with Gasteiger partial charge >= 0.3 is 0 Å². The van der Waals surface area contributed by atoms with Gasteiger partial charge in [-0.3, -0.25) is 4.79 Å². The predicted molar refractivity (Wildman–Crippen MR) is 111 cm³/mol. The molecule has 0 radical (unpaired) electrons. The fourth-order valence-electron chi connectivity index (χ4n) is 2.50. The van der Waals surface area contributed by atoms with Crippen molar-refractivity contribution in [3.05, 3.63) is 64.2 Å². The second-order valence-corrected chi connectivity index (χ2v) is 7.99. The molecule has 1 N–H and O–H groups in total. The number of hydrogen-bond donors (Lipinski definition) is 1. The van der Waals surface area contributed by atoms with Crippen molar-refractivity contribution in [1.82, 2.24) is 5.32 Å². The van der Waals surface area contributed by atoms with Gasteiger partial charge in [0.1, 0.15) is 5.75 Å². The number of thioether (sulfide) groups is 1. The second-order valence-electron chi connectivity index (χ2n) is 6.48. The van der Waals surface area contributed by atoms with Crippen LogP contribution >= 0.6 is 23.4 Å². The fourth-order valence-corrected chi connectivity index (χ4v) is 3.64. The van der Waals surface area contributed by atoms with E-state index < -0.39 is 0 Å². The third kappa shape index (κ3) is 6.58. The van der Waals surface area contributed by atoms with Gasteiger partial charge in [0, 0.05) is 23.1 Å². The first-order valence-electron chi connectivity index (χ1n) is 8.78. The summed E-state index contributed by atoms with van der Waals surface area (Å²) in [6.07, 6.45) is 0. The molecule has 0 heterocycles. The molecule has 0 aliphatic heterocycles. The Balaban J connectivity index is 1.70. The van der Waals surface area contributed by atoms with Crippen LogP contribution in [0.15, 0.2) is 42.5 Å². The molecule has 2 aromatic rings. The molecule has 1 amide bonds. The zero-order valence-electron chi connectivity index (χ0n) is 15.5. The SMILES string of the molecule is Cc1ccc(C(C)C)c(OCC(=O)NCCSCc2ccccc2Cl)c1. The first-order valence-corrected chi connectivity index (χ1v) is 10.3. The number of ether oxygens (including phenoxy) is 1. The molecule has 2 aromatic carbocycles. The molecule has 0 unspecified atom stereocenters. The summed E-state index contributed by atoms with van der Waals surface area (Å²) in [4.78, 5) is 12.0. The molecule has 3 nitrogen and oxygen atoms in total. The van der Waals surface area contributed by atoms with E-state index in [2.05, 4.69) is 31.3 Å². The second kappa shape index (κ2) is 10.5. The number of carbonyl (C=O) groups is 1. The van der Waals surface area contributed by atoms with Crippen LogP contribution in [0.2, 0.25) is 5.02 Å². The topological polar surface area (TPSA) is 38.3 Å². The van der Waals surface area contributed by atoms with Crippen LogP contribution in [-0.4, -0.2) is 24.8 Å². The minimum Gasteiger partial charge on any atom is -0.483 e. The highest BCUT2D eigenvalue weighted by Gasteiger charge is 2.10. The molecule has 0 aliphatic rings. The Morgan fingerprint density at radius 1 is 1.23 bits per heavy atom. The molecule has 0 fully saturated rings. The van der Waals surface area contributed by atoms with Crippen LogP contribution in [0, 0.1) is 6.92 Å². The Morgan fingerprint density at radius 3 is 2.73 bits per heavy atom. The molecular weight excluding hydrogens is 366 g/mol. The highest BCUT2D eigenvalue weighted by atomic mass is 35.5. The summed E-state index contributed by atoms with van der Waals surface area (Å²) >= 11 is 7.88. The average molecular weight is 392 g/mol. The van der Waals surface area contributed by atoms with Crippen LogP contribution in [0.3, 0.4) is 0 Å². The summed E-state index contributed by atoms with van der Waals surface area (Å²) in [6, 6.07) is 14.0. The highest BCUT2D eigenvalue weighted by Crippen LogP contribution is 2.27. The molecule has 2 rings (SSSR count). The Kier molecular flexibility index (Phi) is 8.33. The van der Waals surface area contributed by atoms with Gasteiger partial charge in [0.05, 0.1) is 0 Å². The van der Waals surface area contributed by atoms with Crippen LogP contribution in [-0.2, 0) is 10.5 Å². The van der Waals surface area contributed by atoms with Crippen LogP contribution in [0.5, 0.6) is 5.75 Å². The number of benzene rings is 2. The number of amides is 1. The van der Waals surface area contributed by atoms with Gasteiger partial charge in [-0.15, -0.1) is 0 Å². The molecular formula is C21H26ClNO2S. The van der Waals surface area contributed by atoms with Crippen molar-refractivity contribution >= 4 is 29.3 Å². The number of hydrogen-bond acceptors (Lipinski definition) is 3. The zero-order chi connectivity index (χ0) is 18.9. The molecule has 0 spiro atoms. The lowest BCUT2D eigenvalue weighted by molar-refractivity contribution is -0.122. The van der Waals surface area contributed by atoms with Crippen molar-refractivity contribution in [2.24, 2.45) is 0 Å². The van der Waals surface area contributed by atoms with E-state index in [-0.39, 0.29) is 12.5 Å². The van der Waals surface area contributed by atoms with Gasteiger partial charge in [-0.1, -0.05) is 55.8 Å². The van der Waals surface area contributed by atoms with Crippen molar-refractivity contribution in [1.29, 1.82) is 0 Å². The normalized spacial score (nSPS) is 10.8. The van der Waals surface area contributed by atoms with Gasteiger partial charge in [-0.25, -0.2) is 0 Å². The lowest BCUT2D eigenvalue weighted by Gasteiger charge is -2.14. The summed E-state index contributed by atoms with van der Waals surface area (Å²) in [5, 5.41) is 3.69. The van der Waals surface area contributed by atoms with Crippen LogP contribution < -0.4 is 10.1 Å². The van der Waals surface area contributed by atoms with Gasteiger partial charge in [0.15, 0.2) is 6.61 Å². The molecule has 0 bridgehead atoms. The number of carbonyl (C=O) groups excluding carboxylic acids is 1. The molecule has 0 atom stereocenters. The molecule has 140 valence electrons. The fraction of sp³-hybridized carbons (Fsp3) is 0.381. The van der Waals surface area contributed by atoms with E-state index >= 15 is 0 Å². The zero-order valence-corrected chi connectivity index (χ0v) is 17.1. The summed E-state index contributed by atoms with van der Waals surface area (Å²) < 4.78 is 5.75. The monoisotopic (exact) mass is 391 g/mol. The van der Waals surface area contributed by atoms with Gasteiger partial charge in [0.2, 0.25) is 0 Å². The maximum atomic E-state index is 12.0. The lowest BCUT2D eigenvalue weighted by Crippen LogP contribution is -2.30. The summed E-state index contributed by atoms with van der Waals surface area (Å²) in [5.74, 6) is 2.73. The van der Waals surface area contributed by atoms with Gasteiger partial charge in [-0.2, -0.15) is 11.8 Å². The van der Waals surface area contributed by atoms with Crippen molar-refractivity contribution in [2.75, 3.05) is 18.9 Å². The van der Waals surface area contributed by atoms with Crippen molar-refractivity contribution in [3.63, 3.8) is 0 Å². The number of aryl methyl sites for hydroxylation is 1. The van der Waals surface area contributed by atoms with E-state index in [1.807, 2.05) is 37.3 Å². The molecule has 0 saturated heterocycles. The van der Waals surface area contributed by atoms with Gasteiger partial charge < -0.3 is 10.1 Å². The Labute approximate surface area is 165 Å². The summed E-state index contributed by atoms with van der Waals surface area (Å²) in [5.41, 5.74) is 3.37. The highest BCUT2D eigenvalue weighted by molar-refractivity contribution is 7.98. The average Bonchev–Trinajstić information content (AvgIpc) is 2.61. The minimum atomic E-state index is -0.0976. The standard InChI is InChI=1S/C21H26ClNO2S/c1-15(2)18-9-8-16(3)12-20(18)25-13-21(24)23-10-11-26-14-17-6-4-5-7-19(17)22/h4-9,12,15H,10-11,13-14H2,1-3H3,(H,23,24). The minimum absolute atomic E-state index is 0.0400. The van der Waals surface area contributed by atoms with Crippen molar-refractivity contribution < 1.29 is 9.53 Å². The van der Waals surface area contributed by atoms with E-state index in [9.17, 15) is 4.79 Å². The van der Waals surface area contributed by atoms with Gasteiger partial charge in [-0.05, 0) is 41.7 Å². The number of halogens is 1. The van der Waals surface area contributed by atoms with Gasteiger partial charge in [0.25, 0.3) is 5.91 Å². The maximum absolute atomic E-state index is 12.0. The van der Waals surface area contributed by atoms with Crippen LogP contribution in [0.25, 0.3) is 0 Å². The lowest BCUT2D eigenvalue weighted by atomic mass is 10.0. The first kappa shape index (κ1) is 20.7. The summed E-state index contributed by atoms with van der Waals surface area (Å²) in [6.45, 7) is 6.91. The summed E-state index contributed by atoms with van der Waals surface area (Å²) in [7, 11) is 0. The Bertz CT molecular complexity index is 734. The number of nitrogens with one attached hydrogen (secondary N) is 1. The third-order valence-electron chi connectivity index (χ3n) is 3.93. The van der Waals surface area contributed by atoms with Crippen LogP contribution in [0.4, 0.5) is 0 Å². The van der Waals surface area contributed by atoms with Crippen LogP contribution in [0.1, 0.15) is 36.5 Å². The molecule has 0 aliphatic carbocycles. The van der Waals surface area contributed by atoms with Crippen molar-refractivity contribution in [2.45, 2.75) is 32.4 Å². The third-order valence-corrected chi connectivity index (χ3v) is 5.31. The van der Waals surface area contributed by atoms with E-state index in [0.29, 0.717) is 12.5 Å². The van der Waals surface area contributed by atoms with E-state index in [1.165, 1.54) is 0 Å². The molecule has 26 heavy (non-hydrogen) atoms. The van der Waals surface area contributed by atoms with E-state index in [1.54, 1.807) is 11.8 Å². The quantitative estimate of drug-likeness (QED) is 0.597. The van der Waals surface area contributed by atoms with E-state index in [4.69, 9.17) is 16.3 Å².